The molecule has 1 saturated heterocycles. The maximum atomic E-state index is 12.4. The van der Waals surface area contributed by atoms with Gasteiger partial charge in [0.25, 0.3) is 0 Å². The number of urea groups is 1. The standard InChI is InChI=1S/C14H23N3O3/c1-13(2,3)10(15-9-18)7-17-11(19)14(4,5)8-16(6)12(17)20/h10H,7-8H2,1-6H3/t10-/m1/s1. The summed E-state index contributed by atoms with van der Waals surface area (Å²) in [5.74, 6) is -0.226. The number of carbonyl (C=O) groups is 2. The second-order valence-corrected chi connectivity index (χ2v) is 7.04. The largest absolute Gasteiger partial charge is 0.326 e. The summed E-state index contributed by atoms with van der Waals surface area (Å²) in [4.78, 5) is 41.6. The van der Waals surface area contributed by atoms with E-state index >= 15 is 0 Å². The van der Waals surface area contributed by atoms with Gasteiger partial charge in [0.15, 0.2) is 0 Å². The molecule has 112 valence electrons. The third kappa shape index (κ3) is 3.25. The predicted molar refractivity (Wildman–Crippen MR) is 74.9 cm³/mol. The first-order chi connectivity index (χ1) is 9.00. The lowest BCUT2D eigenvalue weighted by Crippen LogP contribution is -2.60. The van der Waals surface area contributed by atoms with Gasteiger partial charge in [-0.2, -0.15) is 0 Å². The summed E-state index contributed by atoms with van der Waals surface area (Å²) >= 11 is 0. The number of aliphatic imine (C=N–C) groups is 1. The molecular formula is C14H23N3O3. The van der Waals surface area contributed by atoms with Crippen molar-refractivity contribution in [3.8, 4) is 0 Å². The van der Waals surface area contributed by atoms with Crippen LogP contribution >= 0.6 is 0 Å². The van der Waals surface area contributed by atoms with Crippen LogP contribution in [0.15, 0.2) is 4.99 Å². The molecule has 0 aromatic heterocycles. The molecule has 0 unspecified atom stereocenters. The van der Waals surface area contributed by atoms with Gasteiger partial charge in [0.05, 0.1) is 18.0 Å². The van der Waals surface area contributed by atoms with Crippen molar-refractivity contribution < 1.29 is 14.4 Å². The SMILES string of the molecule is CN1CC(C)(C)C(=O)N(C[C@@H](N=C=O)C(C)(C)C)C1=O. The van der Waals surface area contributed by atoms with E-state index in [1.165, 1.54) is 15.9 Å². The van der Waals surface area contributed by atoms with Gasteiger partial charge in [0, 0.05) is 13.6 Å². The van der Waals surface area contributed by atoms with E-state index in [1.54, 1.807) is 20.9 Å². The minimum atomic E-state index is -0.629. The Hall–Kier alpha value is -1.68. The number of amides is 3. The van der Waals surface area contributed by atoms with Crippen LogP contribution in [0.1, 0.15) is 34.6 Å². The van der Waals surface area contributed by atoms with Crippen molar-refractivity contribution in [2.75, 3.05) is 20.1 Å². The highest BCUT2D eigenvalue weighted by Crippen LogP contribution is 2.29. The Bertz CT molecular complexity index is 459. The number of rotatable bonds is 3. The maximum absolute atomic E-state index is 12.4. The lowest BCUT2D eigenvalue weighted by Gasteiger charge is -2.42. The molecule has 1 aliphatic heterocycles. The van der Waals surface area contributed by atoms with Gasteiger partial charge in [0.2, 0.25) is 12.0 Å². The molecule has 0 aromatic rings. The van der Waals surface area contributed by atoms with E-state index in [1.807, 2.05) is 20.8 Å². The smallest absolute Gasteiger partial charge is 0.326 e. The van der Waals surface area contributed by atoms with Crippen LogP contribution in [-0.4, -0.2) is 54.0 Å². The molecule has 20 heavy (non-hydrogen) atoms. The van der Waals surface area contributed by atoms with E-state index in [0.717, 1.165) is 0 Å². The number of isocyanates is 1. The van der Waals surface area contributed by atoms with Crippen LogP contribution < -0.4 is 0 Å². The average Bonchev–Trinajstić information content (AvgIpc) is 2.29. The van der Waals surface area contributed by atoms with Gasteiger partial charge >= 0.3 is 6.03 Å². The lowest BCUT2D eigenvalue weighted by molar-refractivity contribution is -0.141. The van der Waals surface area contributed by atoms with Crippen LogP contribution in [0.25, 0.3) is 0 Å². The van der Waals surface area contributed by atoms with Gasteiger partial charge in [-0.15, -0.1) is 0 Å². The molecule has 0 spiro atoms. The van der Waals surface area contributed by atoms with E-state index in [2.05, 4.69) is 4.99 Å². The molecule has 6 heteroatoms. The molecule has 0 aliphatic carbocycles. The summed E-state index contributed by atoms with van der Waals surface area (Å²) < 4.78 is 0. The van der Waals surface area contributed by atoms with E-state index in [-0.39, 0.29) is 23.9 Å². The van der Waals surface area contributed by atoms with Crippen molar-refractivity contribution in [2.45, 2.75) is 40.7 Å². The van der Waals surface area contributed by atoms with E-state index in [9.17, 15) is 14.4 Å². The van der Waals surface area contributed by atoms with E-state index in [0.29, 0.717) is 6.54 Å². The van der Waals surface area contributed by atoms with Crippen LogP contribution in [0.4, 0.5) is 4.79 Å². The maximum Gasteiger partial charge on any atom is 0.326 e. The monoisotopic (exact) mass is 281 g/mol. The molecule has 0 aromatic carbocycles. The molecular weight excluding hydrogens is 258 g/mol. The first-order valence-corrected chi connectivity index (χ1v) is 6.65. The third-order valence-electron chi connectivity index (χ3n) is 3.58. The van der Waals surface area contributed by atoms with Crippen molar-refractivity contribution in [3.05, 3.63) is 0 Å². The van der Waals surface area contributed by atoms with Gasteiger partial charge in [-0.1, -0.05) is 20.8 Å². The topological polar surface area (TPSA) is 70.1 Å². The molecule has 1 aliphatic rings. The Balaban J connectivity index is 3.06. The molecule has 1 atom stereocenters. The normalized spacial score (nSPS) is 20.7. The minimum Gasteiger partial charge on any atom is -0.326 e. The molecule has 1 heterocycles. The van der Waals surface area contributed by atoms with Crippen molar-refractivity contribution in [2.24, 2.45) is 15.8 Å². The number of nitrogens with zero attached hydrogens (tertiary/aromatic N) is 3. The molecule has 0 bridgehead atoms. The fourth-order valence-corrected chi connectivity index (χ4v) is 2.29. The first kappa shape index (κ1) is 16.4. The van der Waals surface area contributed by atoms with Gasteiger partial charge < -0.3 is 4.90 Å². The second kappa shape index (κ2) is 5.37. The Labute approximate surface area is 119 Å². The molecule has 6 nitrogen and oxygen atoms in total. The first-order valence-electron chi connectivity index (χ1n) is 6.65. The number of hydrogen-bond acceptors (Lipinski definition) is 4. The zero-order chi connectivity index (χ0) is 15.7. The van der Waals surface area contributed by atoms with Gasteiger partial charge in [-0.25, -0.2) is 14.6 Å². The summed E-state index contributed by atoms with van der Waals surface area (Å²) in [5, 5.41) is 0. The summed E-state index contributed by atoms with van der Waals surface area (Å²) in [6, 6.07) is -0.806. The number of imide groups is 1. The highest BCUT2D eigenvalue weighted by atomic mass is 16.2. The van der Waals surface area contributed by atoms with Crippen LogP contribution in [0.5, 0.6) is 0 Å². The van der Waals surface area contributed by atoms with Crippen LogP contribution in [-0.2, 0) is 9.59 Å². The summed E-state index contributed by atoms with van der Waals surface area (Å²) in [6.07, 6.45) is 1.54. The molecule has 0 radical (unpaired) electrons. The Morgan fingerprint density at radius 1 is 1.35 bits per heavy atom. The average molecular weight is 281 g/mol. The van der Waals surface area contributed by atoms with Gasteiger partial charge in [-0.05, 0) is 19.3 Å². The summed E-state index contributed by atoms with van der Waals surface area (Å²) in [6.45, 7) is 9.83. The minimum absolute atomic E-state index is 0.101. The molecule has 1 rings (SSSR count). The summed E-state index contributed by atoms with van der Waals surface area (Å²) in [5.41, 5.74) is -0.964. The number of hydrogen-bond donors (Lipinski definition) is 0. The van der Waals surface area contributed by atoms with Crippen molar-refractivity contribution >= 4 is 18.0 Å². The zero-order valence-electron chi connectivity index (χ0n) is 13.1. The van der Waals surface area contributed by atoms with Crippen LogP contribution in [0.3, 0.4) is 0 Å². The van der Waals surface area contributed by atoms with Crippen molar-refractivity contribution in [1.82, 2.24) is 9.80 Å². The van der Waals surface area contributed by atoms with E-state index < -0.39 is 11.5 Å². The van der Waals surface area contributed by atoms with Crippen molar-refractivity contribution in [1.29, 1.82) is 0 Å². The fraction of sp³-hybridized carbons (Fsp3) is 0.786. The Morgan fingerprint density at radius 2 is 1.90 bits per heavy atom. The molecule has 3 amide bonds. The molecule has 0 saturated carbocycles. The quantitative estimate of drug-likeness (QED) is 0.583. The Kier molecular flexibility index (Phi) is 4.39. The second-order valence-electron chi connectivity index (χ2n) is 7.04. The van der Waals surface area contributed by atoms with Crippen molar-refractivity contribution in [3.63, 3.8) is 0 Å². The van der Waals surface area contributed by atoms with E-state index in [4.69, 9.17) is 0 Å². The van der Waals surface area contributed by atoms with Crippen LogP contribution in [0, 0.1) is 10.8 Å². The van der Waals surface area contributed by atoms with Gasteiger partial charge in [-0.3, -0.25) is 9.69 Å². The number of carbonyl (C=O) groups excluding carboxylic acids is 3. The Morgan fingerprint density at radius 3 is 2.35 bits per heavy atom. The molecule has 1 fully saturated rings. The summed E-state index contributed by atoms with van der Waals surface area (Å²) in [7, 11) is 1.67. The fourth-order valence-electron chi connectivity index (χ4n) is 2.29. The highest BCUT2D eigenvalue weighted by molar-refractivity contribution is 5.99. The zero-order valence-corrected chi connectivity index (χ0v) is 13.1. The van der Waals surface area contributed by atoms with Gasteiger partial charge in [0.1, 0.15) is 0 Å². The highest BCUT2D eigenvalue weighted by Gasteiger charge is 2.44. The third-order valence-corrected chi connectivity index (χ3v) is 3.58. The lowest BCUT2D eigenvalue weighted by atomic mass is 9.85. The van der Waals surface area contributed by atoms with Crippen LogP contribution in [0.2, 0.25) is 0 Å². The molecule has 0 N–H and O–H groups in total. The predicted octanol–water partition coefficient (Wildman–Crippen LogP) is 1.66.